The molecule has 0 amide bonds. The van der Waals surface area contributed by atoms with Crippen LogP contribution in [0.25, 0.3) is 0 Å². The molecule has 0 bridgehead atoms. The highest BCUT2D eigenvalue weighted by Crippen LogP contribution is 2.25. The summed E-state index contributed by atoms with van der Waals surface area (Å²) in [5.74, 6) is 0. The predicted octanol–water partition coefficient (Wildman–Crippen LogP) is 1.84. The van der Waals surface area contributed by atoms with Gasteiger partial charge in [-0.25, -0.2) is 0 Å². The van der Waals surface area contributed by atoms with Crippen molar-refractivity contribution in [2.24, 2.45) is 0 Å². The van der Waals surface area contributed by atoms with Crippen LogP contribution in [0.3, 0.4) is 0 Å². The molecule has 1 N–H and O–H groups in total. The molecule has 1 fully saturated rings. The Morgan fingerprint density at radius 2 is 2.06 bits per heavy atom. The molecule has 3 rings (SSSR count). The first-order chi connectivity index (χ1) is 8.27. The van der Waals surface area contributed by atoms with E-state index in [2.05, 4.69) is 0 Å². The molecule has 0 aromatic carbocycles. The van der Waals surface area contributed by atoms with E-state index in [4.69, 9.17) is 0 Å². The van der Waals surface area contributed by atoms with E-state index >= 15 is 0 Å². The lowest BCUT2D eigenvalue weighted by Gasteiger charge is -2.27. The van der Waals surface area contributed by atoms with Crippen LogP contribution in [0.15, 0.2) is 17.5 Å². The van der Waals surface area contributed by atoms with Gasteiger partial charge in [-0.3, -0.25) is 5.21 Å². The third kappa shape index (κ3) is 1.74. The predicted molar refractivity (Wildman–Crippen MR) is 66.2 cm³/mol. The lowest BCUT2D eigenvalue weighted by molar-refractivity contribution is -0.819. The zero-order chi connectivity index (χ0) is 11.8. The minimum Gasteiger partial charge on any atom is -0.623 e. The van der Waals surface area contributed by atoms with Crippen LogP contribution >= 0.6 is 11.3 Å². The molecule has 1 aromatic rings. The smallest absolute Gasteiger partial charge is 0.297 e. The second kappa shape index (κ2) is 4.14. The maximum absolute atomic E-state index is 12.3. The van der Waals surface area contributed by atoms with Gasteiger partial charge in [-0.15, -0.1) is 11.3 Å². The quantitative estimate of drug-likeness (QED) is 0.470. The van der Waals surface area contributed by atoms with E-state index in [0.29, 0.717) is 5.71 Å². The maximum atomic E-state index is 12.3. The molecule has 1 aliphatic heterocycles. The standard InChI is InChI=1S/C12H15N2O2S/c15-13-8-11(12-6-3-7-17-12)14(16)10-5-2-1-4-9(10)13/h3,6-10,15H,1-2,4-5H2/q+1/t9-,10+/m1/s1. The third-order valence-electron chi connectivity index (χ3n) is 3.60. The first-order valence-corrected chi connectivity index (χ1v) is 6.84. The summed E-state index contributed by atoms with van der Waals surface area (Å²) >= 11 is 1.53. The van der Waals surface area contributed by atoms with Crippen molar-refractivity contribution in [1.82, 2.24) is 0 Å². The number of hydrogen-bond donors (Lipinski definition) is 1. The zero-order valence-corrected chi connectivity index (χ0v) is 10.3. The van der Waals surface area contributed by atoms with Crippen LogP contribution in [0, 0.1) is 5.21 Å². The SMILES string of the molecule is [O-][N+]1=C(c2cccs2)C=[N+](O)[C@@H]2CCCC[C@@H]21. The Morgan fingerprint density at radius 3 is 2.76 bits per heavy atom. The van der Waals surface area contributed by atoms with Gasteiger partial charge in [0, 0.05) is 12.8 Å². The molecule has 1 saturated carbocycles. The van der Waals surface area contributed by atoms with Gasteiger partial charge >= 0.3 is 0 Å². The summed E-state index contributed by atoms with van der Waals surface area (Å²) in [6.45, 7) is 0. The van der Waals surface area contributed by atoms with Gasteiger partial charge in [0.05, 0.1) is 0 Å². The zero-order valence-electron chi connectivity index (χ0n) is 9.45. The summed E-state index contributed by atoms with van der Waals surface area (Å²) in [6.07, 6.45) is 5.51. The third-order valence-corrected chi connectivity index (χ3v) is 4.49. The average molecular weight is 251 g/mol. The minimum absolute atomic E-state index is 0.0371. The minimum atomic E-state index is -0.101. The van der Waals surface area contributed by atoms with Crippen molar-refractivity contribution >= 4 is 23.3 Å². The second-order valence-electron chi connectivity index (χ2n) is 4.62. The summed E-state index contributed by atoms with van der Waals surface area (Å²) in [7, 11) is 0. The molecule has 1 aromatic heterocycles. The van der Waals surface area contributed by atoms with Gasteiger partial charge in [-0.05, 0) is 29.0 Å². The topological polar surface area (TPSA) is 49.3 Å². The summed E-state index contributed by atoms with van der Waals surface area (Å²) in [6, 6.07) is 3.70. The van der Waals surface area contributed by atoms with Crippen molar-refractivity contribution in [3.63, 3.8) is 0 Å². The van der Waals surface area contributed by atoms with E-state index in [-0.39, 0.29) is 12.1 Å². The molecule has 90 valence electrons. The molecule has 1 aliphatic carbocycles. The highest BCUT2D eigenvalue weighted by atomic mass is 32.1. The van der Waals surface area contributed by atoms with Gasteiger partial charge in [-0.1, -0.05) is 6.07 Å². The second-order valence-corrected chi connectivity index (χ2v) is 5.56. The van der Waals surface area contributed by atoms with Crippen molar-refractivity contribution in [2.45, 2.75) is 37.8 Å². The number of fused-ring (bicyclic) bond motifs is 1. The molecule has 2 heterocycles. The van der Waals surface area contributed by atoms with Crippen LogP contribution < -0.4 is 0 Å². The average Bonchev–Trinajstić information content (AvgIpc) is 2.87. The van der Waals surface area contributed by atoms with Gasteiger partial charge in [0.1, 0.15) is 4.88 Å². The van der Waals surface area contributed by atoms with E-state index in [9.17, 15) is 10.4 Å². The molecule has 2 aliphatic rings. The van der Waals surface area contributed by atoms with Gasteiger partial charge < -0.3 is 5.21 Å². The number of thiophene rings is 1. The van der Waals surface area contributed by atoms with Crippen LogP contribution in [0.1, 0.15) is 30.6 Å². The van der Waals surface area contributed by atoms with Crippen molar-refractivity contribution in [3.8, 4) is 0 Å². The highest BCUT2D eigenvalue weighted by molar-refractivity contribution is 7.12. The molecule has 5 heteroatoms. The van der Waals surface area contributed by atoms with Gasteiger partial charge in [-0.2, -0.15) is 4.74 Å². The molecule has 4 nitrogen and oxygen atoms in total. The van der Waals surface area contributed by atoms with E-state index in [1.54, 1.807) is 6.21 Å². The Morgan fingerprint density at radius 1 is 1.29 bits per heavy atom. The largest absolute Gasteiger partial charge is 0.623 e. The van der Waals surface area contributed by atoms with Gasteiger partial charge in [0.25, 0.3) is 18.0 Å². The van der Waals surface area contributed by atoms with Crippen molar-refractivity contribution in [1.29, 1.82) is 0 Å². The fourth-order valence-electron chi connectivity index (χ4n) is 2.73. The number of hydroxylamine groups is 2. The molecule has 2 atom stereocenters. The Balaban J connectivity index is 2.03. The van der Waals surface area contributed by atoms with E-state index < -0.39 is 0 Å². The number of hydrogen-bond acceptors (Lipinski definition) is 3. The molecule has 0 unspecified atom stereocenters. The van der Waals surface area contributed by atoms with Crippen LogP contribution in [0.5, 0.6) is 0 Å². The van der Waals surface area contributed by atoms with Crippen LogP contribution in [0.2, 0.25) is 0 Å². The number of nitrogens with zero attached hydrogens (tertiary/aromatic N) is 2. The van der Waals surface area contributed by atoms with Crippen molar-refractivity contribution in [2.75, 3.05) is 0 Å². The molecule has 0 radical (unpaired) electrons. The van der Waals surface area contributed by atoms with Crippen LogP contribution in [0.4, 0.5) is 0 Å². The van der Waals surface area contributed by atoms with Gasteiger partial charge in [0.15, 0.2) is 0 Å². The van der Waals surface area contributed by atoms with E-state index in [1.165, 1.54) is 16.1 Å². The molecule has 0 saturated heterocycles. The molecular weight excluding hydrogens is 236 g/mol. The normalized spacial score (nSPS) is 28.8. The summed E-state index contributed by atoms with van der Waals surface area (Å²) in [4.78, 5) is 0.920. The van der Waals surface area contributed by atoms with Gasteiger partial charge in [0.2, 0.25) is 6.04 Å². The number of rotatable bonds is 1. The first kappa shape index (κ1) is 10.8. The summed E-state index contributed by atoms with van der Waals surface area (Å²) < 4.78 is 2.34. The Kier molecular flexibility index (Phi) is 2.63. The Hall–Kier alpha value is -1.36. The van der Waals surface area contributed by atoms with Crippen LogP contribution in [-0.4, -0.2) is 38.7 Å². The van der Waals surface area contributed by atoms with Crippen molar-refractivity contribution < 1.29 is 14.7 Å². The fraction of sp³-hybridized carbons (Fsp3) is 0.500. The Labute approximate surface area is 104 Å². The van der Waals surface area contributed by atoms with Crippen LogP contribution in [-0.2, 0) is 0 Å². The molecule has 0 spiro atoms. The summed E-state index contributed by atoms with van der Waals surface area (Å²) in [5, 5.41) is 24.3. The van der Waals surface area contributed by atoms with E-state index in [1.807, 2.05) is 17.5 Å². The molecule has 17 heavy (non-hydrogen) atoms. The fourth-order valence-corrected chi connectivity index (χ4v) is 3.45. The summed E-state index contributed by atoms with van der Waals surface area (Å²) in [5.41, 5.74) is 0.589. The Bertz CT molecular complexity index is 479. The highest BCUT2D eigenvalue weighted by Gasteiger charge is 2.45. The lowest BCUT2D eigenvalue weighted by atomic mass is 9.89. The first-order valence-electron chi connectivity index (χ1n) is 5.96. The monoisotopic (exact) mass is 251 g/mol. The lowest BCUT2D eigenvalue weighted by Crippen LogP contribution is -2.50. The maximum Gasteiger partial charge on any atom is 0.297 e. The van der Waals surface area contributed by atoms with E-state index in [0.717, 1.165) is 35.3 Å². The molecular formula is C12H15N2O2S+. The van der Waals surface area contributed by atoms with Crippen molar-refractivity contribution in [3.05, 3.63) is 27.6 Å².